The van der Waals surface area contributed by atoms with Crippen LogP contribution in [0.25, 0.3) is 0 Å². The van der Waals surface area contributed by atoms with Gasteiger partial charge in [0.25, 0.3) is 0 Å². The highest BCUT2D eigenvalue weighted by Crippen LogP contribution is 1.82. The highest BCUT2D eigenvalue weighted by molar-refractivity contribution is 5.43. The first-order valence-corrected chi connectivity index (χ1v) is 1.42. The molecule has 0 fully saturated rings. The first kappa shape index (κ1) is 3.27. The number of hydrogen-bond acceptors (Lipinski definition) is 3. The van der Waals surface area contributed by atoms with Crippen molar-refractivity contribution in [3.8, 4) is 0 Å². The maximum Gasteiger partial charge on any atom is 0.508 e. The summed E-state index contributed by atoms with van der Waals surface area (Å²) in [6.45, 7) is 0.115. The van der Waals surface area contributed by atoms with Crippen molar-refractivity contribution in [1.29, 1.82) is 0 Å². The van der Waals surface area contributed by atoms with Crippen molar-refractivity contribution in [2.75, 3.05) is 6.73 Å². The normalized spacial score (nSPS) is 18.3. The zero-order valence-corrected chi connectivity index (χ0v) is 2.92. The minimum atomic E-state index is 0.115. The van der Waals surface area contributed by atoms with Crippen LogP contribution in [0.5, 0.6) is 0 Å². The fraction of sp³-hybridized carbons (Fsp3) is 0.500. The van der Waals surface area contributed by atoms with Gasteiger partial charge in [-0.3, -0.25) is 0 Å². The summed E-state index contributed by atoms with van der Waals surface area (Å²) in [6.07, 6.45) is 2.00. The summed E-state index contributed by atoms with van der Waals surface area (Å²) in [5.74, 6) is 0. The Hall–Kier alpha value is -0.930. The number of aliphatic imine (C=N–C) groups is 1. The van der Waals surface area contributed by atoms with E-state index in [1.807, 2.05) is 6.34 Å². The molecule has 0 aromatic heterocycles. The Kier molecular flexibility index (Phi) is 0.567. The zero-order chi connectivity index (χ0) is 4.41. The molecule has 4 nitrogen and oxygen atoms in total. The van der Waals surface area contributed by atoms with Gasteiger partial charge in [0.15, 0.2) is 4.92 Å². The molecule has 0 saturated carbocycles. The van der Waals surface area contributed by atoms with E-state index in [1.54, 1.807) is 0 Å². The second kappa shape index (κ2) is 1.04. The monoisotopic (exact) mass is 86.0 g/mol. The predicted molar refractivity (Wildman–Crippen MR) is 17.0 cm³/mol. The molecule has 31 valence electrons. The minimum Gasteiger partial charge on any atom is -0.248 e. The molecule has 4 heteroatoms. The van der Waals surface area contributed by atoms with Crippen LogP contribution in [0.2, 0.25) is 0 Å². The third kappa shape index (κ3) is 0.357. The summed E-state index contributed by atoms with van der Waals surface area (Å²) >= 11 is 0. The molecule has 6 heavy (non-hydrogen) atoms. The maximum atomic E-state index is 9.73. The summed E-state index contributed by atoms with van der Waals surface area (Å²) in [7, 11) is 0. The molecule has 0 aromatic rings. The molecule has 1 heterocycles. The minimum absolute atomic E-state index is 0.115. The molecule has 0 N–H and O–H groups in total. The van der Waals surface area contributed by atoms with E-state index in [2.05, 4.69) is 9.83 Å². The molecule has 0 atom stereocenters. The van der Waals surface area contributed by atoms with Crippen molar-refractivity contribution in [3.63, 3.8) is 0 Å². The quantitative estimate of drug-likeness (QED) is 0.401. The highest BCUT2D eigenvalue weighted by Gasteiger charge is 2.12. The lowest BCUT2D eigenvalue weighted by Crippen LogP contribution is -1.95. The van der Waals surface area contributed by atoms with Gasteiger partial charge in [0.2, 0.25) is 0 Å². The average Bonchev–Trinajstić information content (AvgIpc) is 1.86. The SMILES string of the molecule is O=[N+]1[C]=NCO1. The topological polar surface area (TPSA) is 41.7 Å². The summed E-state index contributed by atoms with van der Waals surface area (Å²) in [5, 5.41) is 0. The van der Waals surface area contributed by atoms with Gasteiger partial charge in [0.1, 0.15) is 0 Å². The molecular formula is C2H2N2O2+. The van der Waals surface area contributed by atoms with Crippen LogP contribution in [0.3, 0.4) is 0 Å². The molecule has 0 amide bonds. The molecule has 0 aliphatic carbocycles. The Morgan fingerprint density at radius 3 is 3.00 bits per heavy atom. The van der Waals surface area contributed by atoms with Gasteiger partial charge in [0.05, 0.1) is 0 Å². The standard InChI is InChI=1S/C2H2N2O2/c5-4-1-3-2-6-4/h2H2/q+1. The van der Waals surface area contributed by atoms with Crippen LogP contribution in [0, 0.1) is 4.91 Å². The summed E-state index contributed by atoms with van der Waals surface area (Å²) in [4.78, 5) is 17.4. The molecule has 1 radical (unpaired) electrons. The molecular weight excluding hydrogens is 84.0 g/mol. The summed E-state index contributed by atoms with van der Waals surface area (Å²) < 4.78 is 0. The van der Waals surface area contributed by atoms with Crippen molar-refractivity contribution in [2.24, 2.45) is 4.99 Å². The van der Waals surface area contributed by atoms with E-state index in [9.17, 15) is 4.91 Å². The van der Waals surface area contributed by atoms with Crippen LogP contribution in [0.1, 0.15) is 0 Å². The number of nitrogens with zero attached hydrogens (tertiary/aromatic N) is 2. The van der Waals surface area contributed by atoms with Crippen molar-refractivity contribution in [1.82, 2.24) is 0 Å². The van der Waals surface area contributed by atoms with Crippen LogP contribution in [0.15, 0.2) is 4.99 Å². The Morgan fingerprint density at radius 2 is 2.83 bits per heavy atom. The molecule has 0 aromatic carbocycles. The Morgan fingerprint density at radius 1 is 2.00 bits per heavy atom. The average molecular weight is 86.0 g/mol. The van der Waals surface area contributed by atoms with Gasteiger partial charge in [0, 0.05) is 0 Å². The molecule has 0 spiro atoms. The molecule has 0 bridgehead atoms. The highest BCUT2D eigenvalue weighted by atomic mass is 16.8. The van der Waals surface area contributed by atoms with Gasteiger partial charge in [-0.2, -0.15) is 0 Å². The van der Waals surface area contributed by atoms with Crippen LogP contribution in [-0.2, 0) is 4.84 Å². The lowest BCUT2D eigenvalue weighted by Gasteiger charge is -1.69. The zero-order valence-electron chi connectivity index (χ0n) is 2.92. The van der Waals surface area contributed by atoms with Gasteiger partial charge >= 0.3 is 13.1 Å². The van der Waals surface area contributed by atoms with Gasteiger partial charge in [-0.05, 0) is 9.90 Å². The van der Waals surface area contributed by atoms with Gasteiger partial charge in [-0.15, -0.1) is 0 Å². The molecule has 0 unspecified atom stereocenters. The maximum absolute atomic E-state index is 9.73. The smallest absolute Gasteiger partial charge is 0.248 e. The largest absolute Gasteiger partial charge is 0.508 e. The first-order chi connectivity index (χ1) is 2.89. The summed E-state index contributed by atoms with van der Waals surface area (Å²) in [5.41, 5.74) is 0. The molecule has 1 aliphatic heterocycles. The summed E-state index contributed by atoms with van der Waals surface area (Å²) in [6, 6.07) is 0. The van der Waals surface area contributed by atoms with E-state index in [0.717, 1.165) is 0 Å². The van der Waals surface area contributed by atoms with Crippen molar-refractivity contribution >= 4 is 6.34 Å². The molecule has 1 aliphatic rings. The third-order valence-electron chi connectivity index (χ3n) is 0.392. The van der Waals surface area contributed by atoms with Gasteiger partial charge in [-0.25, -0.2) is 4.84 Å². The van der Waals surface area contributed by atoms with E-state index in [4.69, 9.17) is 0 Å². The van der Waals surface area contributed by atoms with Crippen LogP contribution >= 0.6 is 0 Å². The Labute approximate surface area is 34.0 Å². The van der Waals surface area contributed by atoms with Gasteiger partial charge < -0.3 is 0 Å². The number of rotatable bonds is 0. The first-order valence-electron chi connectivity index (χ1n) is 1.42. The second-order valence-corrected chi connectivity index (χ2v) is 0.773. The molecule has 0 saturated heterocycles. The number of hydrogen-bond donors (Lipinski definition) is 0. The van der Waals surface area contributed by atoms with Gasteiger partial charge in [-0.1, -0.05) is 0 Å². The Bertz CT molecular complexity index is 97.7. The van der Waals surface area contributed by atoms with E-state index >= 15 is 0 Å². The van der Waals surface area contributed by atoms with E-state index in [-0.39, 0.29) is 11.7 Å². The van der Waals surface area contributed by atoms with E-state index in [0.29, 0.717) is 0 Å². The van der Waals surface area contributed by atoms with Crippen LogP contribution in [0.4, 0.5) is 0 Å². The fourth-order valence-corrected chi connectivity index (χ4v) is 0.197. The Balaban J connectivity index is 2.59. The van der Waals surface area contributed by atoms with Crippen molar-refractivity contribution in [3.05, 3.63) is 4.91 Å². The molecule has 1 rings (SSSR count). The van der Waals surface area contributed by atoms with Crippen LogP contribution in [-0.4, -0.2) is 18.0 Å². The van der Waals surface area contributed by atoms with Crippen LogP contribution < -0.4 is 0 Å². The van der Waals surface area contributed by atoms with Crippen molar-refractivity contribution < 1.29 is 9.76 Å². The van der Waals surface area contributed by atoms with E-state index in [1.165, 1.54) is 0 Å². The second-order valence-electron chi connectivity index (χ2n) is 0.773. The lowest BCUT2D eigenvalue weighted by atomic mass is 11.3. The predicted octanol–water partition coefficient (Wildman–Crippen LogP) is -0.427. The fourth-order valence-electron chi connectivity index (χ4n) is 0.197. The lowest BCUT2D eigenvalue weighted by molar-refractivity contribution is -0.705. The third-order valence-corrected chi connectivity index (χ3v) is 0.392. The van der Waals surface area contributed by atoms with Crippen molar-refractivity contribution in [2.45, 2.75) is 0 Å². The van der Waals surface area contributed by atoms with E-state index < -0.39 is 0 Å².